The number of rotatable bonds is 4. The Hall–Kier alpha value is -1.46. The van der Waals surface area contributed by atoms with E-state index in [-0.39, 0.29) is 0 Å². The molecule has 0 radical (unpaired) electrons. The summed E-state index contributed by atoms with van der Waals surface area (Å²) < 4.78 is 11.4. The lowest BCUT2D eigenvalue weighted by Gasteiger charge is -2.14. The molecule has 2 aromatic rings. The van der Waals surface area contributed by atoms with Gasteiger partial charge in [0.15, 0.2) is 0 Å². The van der Waals surface area contributed by atoms with Gasteiger partial charge < -0.3 is 14.8 Å². The number of hydrogen-bond acceptors (Lipinski definition) is 4. The zero-order valence-corrected chi connectivity index (χ0v) is 13.7. The molecule has 106 valence electrons. The Kier molecular flexibility index (Phi) is 4.73. The number of nitrogens with zero attached hydrogens (tertiary/aromatic N) is 1. The summed E-state index contributed by atoms with van der Waals surface area (Å²) in [5, 5.41) is 3.72. The molecule has 0 aliphatic rings. The van der Waals surface area contributed by atoms with Gasteiger partial charge in [0.25, 0.3) is 0 Å². The molecule has 2 rings (SSSR count). The third kappa shape index (κ3) is 3.16. The molecule has 0 bridgehead atoms. The molecule has 0 aliphatic heterocycles. The second-order valence-electron chi connectivity index (χ2n) is 4.13. The van der Waals surface area contributed by atoms with Gasteiger partial charge in [-0.2, -0.15) is 0 Å². The van der Waals surface area contributed by atoms with Crippen LogP contribution in [0.5, 0.6) is 11.5 Å². The molecule has 0 saturated carbocycles. The predicted molar refractivity (Wildman–Crippen MR) is 84.5 cm³/mol. The third-order valence-corrected chi connectivity index (χ3v) is 3.50. The van der Waals surface area contributed by atoms with E-state index in [4.69, 9.17) is 21.1 Å². The van der Waals surface area contributed by atoms with E-state index in [1.165, 1.54) is 0 Å². The maximum absolute atomic E-state index is 6.14. The Morgan fingerprint density at radius 2 is 1.85 bits per heavy atom. The summed E-state index contributed by atoms with van der Waals surface area (Å²) in [5.41, 5.74) is 1.74. The van der Waals surface area contributed by atoms with Crippen LogP contribution in [0.15, 0.2) is 28.9 Å². The Morgan fingerprint density at radius 1 is 1.15 bits per heavy atom. The molecule has 0 amide bonds. The van der Waals surface area contributed by atoms with Crippen LogP contribution in [0.2, 0.25) is 5.02 Å². The molecule has 1 aromatic carbocycles. The maximum atomic E-state index is 6.14. The van der Waals surface area contributed by atoms with Gasteiger partial charge in [0.1, 0.15) is 17.3 Å². The highest BCUT2D eigenvalue weighted by Crippen LogP contribution is 2.37. The van der Waals surface area contributed by atoms with E-state index in [9.17, 15) is 0 Å². The first kappa shape index (κ1) is 14.9. The number of methoxy groups -OCH3 is 2. The van der Waals surface area contributed by atoms with Crippen molar-refractivity contribution in [2.24, 2.45) is 0 Å². The molecular weight excluding hydrogens is 344 g/mol. The van der Waals surface area contributed by atoms with Crippen molar-refractivity contribution in [1.29, 1.82) is 0 Å². The second kappa shape index (κ2) is 6.33. The lowest BCUT2D eigenvalue weighted by molar-refractivity contribution is 0.396. The maximum Gasteiger partial charge on any atom is 0.146 e. The molecule has 0 spiro atoms. The van der Waals surface area contributed by atoms with Crippen LogP contribution in [0.4, 0.5) is 11.5 Å². The predicted octanol–water partition coefficient (Wildman–Crippen LogP) is 4.57. The molecule has 1 N–H and O–H groups in total. The van der Waals surface area contributed by atoms with Gasteiger partial charge in [-0.25, -0.2) is 4.98 Å². The summed E-state index contributed by atoms with van der Waals surface area (Å²) in [7, 11) is 3.16. The van der Waals surface area contributed by atoms with Gasteiger partial charge >= 0.3 is 0 Å². The standard InChI is InChI=1S/C14H14BrClN2O2/c1-8-4-9(15)7-17-14(8)18-11-5-10(16)12(19-2)6-13(11)20-3/h4-7H,1-3H3,(H,17,18). The molecule has 0 saturated heterocycles. The van der Waals surface area contributed by atoms with Gasteiger partial charge in [-0.05, 0) is 40.5 Å². The fourth-order valence-electron chi connectivity index (χ4n) is 1.76. The number of hydrogen-bond donors (Lipinski definition) is 1. The molecule has 6 heteroatoms. The van der Waals surface area contributed by atoms with Crippen LogP contribution in [0.25, 0.3) is 0 Å². The zero-order chi connectivity index (χ0) is 14.7. The molecule has 1 heterocycles. The van der Waals surface area contributed by atoms with Gasteiger partial charge in [-0.3, -0.25) is 0 Å². The summed E-state index contributed by atoms with van der Waals surface area (Å²) in [6.45, 7) is 1.97. The van der Waals surface area contributed by atoms with Gasteiger partial charge in [0, 0.05) is 16.7 Å². The Labute approximate surface area is 131 Å². The SMILES string of the molecule is COc1cc(OC)c(Nc2ncc(Br)cc2C)cc1Cl. The van der Waals surface area contributed by atoms with Crippen LogP contribution in [0, 0.1) is 6.92 Å². The molecule has 1 aromatic heterocycles. The lowest BCUT2D eigenvalue weighted by Crippen LogP contribution is -1.99. The highest BCUT2D eigenvalue weighted by atomic mass is 79.9. The molecule has 4 nitrogen and oxygen atoms in total. The van der Waals surface area contributed by atoms with E-state index < -0.39 is 0 Å². The zero-order valence-electron chi connectivity index (χ0n) is 11.3. The minimum Gasteiger partial charge on any atom is -0.495 e. The Balaban J connectivity index is 2.40. The minimum absolute atomic E-state index is 0.505. The fourth-order valence-corrected chi connectivity index (χ4v) is 2.44. The smallest absolute Gasteiger partial charge is 0.146 e. The number of aromatic nitrogens is 1. The van der Waals surface area contributed by atoms with Crippen LogP contribution in [0.1, 0.15) is 5.56 Å². The minimum atomic E-state index is 0.505. The molecule has 0 aliphatic carbocycles. The van der Waals surface area contributed by atoms with Gasteiger partial charge in [0.05, 0.1) is 24.9 Å². The number of nitrogens with one attached hydrogen (secondary N) is 1. The average molecular weight is 358 g/mol. The van der Waals surface area contributed by atoms with E-state index in [1.807, 2.05) is 13.0 Å². The summed E-state index contributed by atoms with van der Waals surface area (Å²) >= 11 is 9.53. The first-order valence-corrected chi connectivity index (χ1v) is 7.03. The highest BCUT2D eigenvalue weighted by molar-refractivity contribution is 9.10. The van der Waals surface area contributed by atoms with E-state index in [0.717, 1.165) is 21.5 Å². The summed E-state index contributed by atoms with van der Waals surface area (Å²) in [5.74, 6) is 1.94. The third-order valence-electron chi connectivity index (χ3n) is 2.77. The molecule has 20 heavy (non-hydrogen) atoms. The van der Waals surface area contributed by atoms with Crippen LogP contribution in [0.3, 0.4) is 0 Å². The molecule has 0 fully saturated rings. The summed E-state index contributed by atoms with van der Waals surface area (Å²) in [6, 6.07) is 5.47. The van der Waals surface area contributed by atoms with E-state index in [2.05, 4.69) is 26.2 Å². The first-order chi connectivity index (χ1) is 9.55. The van der Waals surface area contributed by atoms with Gasteiger partial charge in [-0.1, -0.05) is 11.6 Å². The lowest BCUT2D eigenvalue weighted by atomic mass is 10.2. The van der Waals surface area contributed by atoms with Crippen LogP contribution >= 0.6 is 27.5 Å². The number of halogens is 2. The van der Waals surface area contributed by atoms with Crippen LogP contribution in [-0.2, 0) is 0 Å². The van der Waals surface area contributed by atoms with Crippen LogP contribution < -0.4 is 14.8 Å². The number of aryl methyl sites for hydroxylation is 1. The summed E-state index contributed by atoms with van der Waals surface area (Å²) in [6.07, 6.45) is 1.73. The van der Waals surface area contributed by atoms with Crippen molar-refractivity contribution in [3.8, 4) is 11.5 Å². The first-order valence-electron chi connectivity index (χ1n) is 5.86. The topological polar surface area (TPSA) is 43.4 Å². The fraction of sp³-hybridized carbons (Fsp3) is 0.214. The van der Waals surface area contributed by atoms with Crippen molar-refractivity contribution in [3.05, 3.63) is 39.5 Å². The number of ether oxygens (including phenoxy) is 2. The van der Waals surface area contributed by atoms with E-state index >= 15 is 0 Å². The molecular formula is C14H14BrClN2O2. The second-order valence-corrected chi connectivity index (χ2v) is 5.45. The Bertz CT molecular complexity index is 635. The Morgan fingerprint density at radius 3 is 2.45 bits per heavy atom. The molecule has 0 atom stereocenters. The van der Waals surface area contributed by atoms with Gasteiger partial charge in [-0.15, -0.1) is 0 Å². The van der Waals surface area contributed by atoms with Crippen molar-refractivity contribution in [3.63, 3.8) is 0 Å². The van der Waals surface area contributed by atoms with Crippen molar-refractivity contribution < 1.29 is 9.47 Å². The molecule has 0 unspecified atom stereocenters. The number of anilines is 2. The van der Waals surface area contributed by atoms with Gasteiger partial charge in [0.2, 0.25) is 0 Å². The van der Waals surface area contributed by atoms with Crippen molar-refractivity contribution in [2.75, 3.05) is 19.5 Å². The van der Waals surface area contributed by atoms with E-state index in [0.29, 0.717) is 16.5 Å². The van der Waals surface area contributed by atoms with E-state index in [1.54, 1.807) is 32.5 Å². The number of pyridine rings is 1. The monoisotopic (exact) mass is 356 g/mol. The van der Waals surface area contributed by atoms with Crippen molar-refractivity contribution in [1.82, 2.24) is 4.98 Å². The average Bonchev–Trinajstić information content (AvgIpc) is 2.42. The normalized spacial score (nSPS) is 10.2. The van der Waals surface area contributed by atoms with Crippen LogP contribution in [-0.4, -0.2) is 19.2 Å². The van der Waals surface area contributed by atoms with Crippen molar-refractivity contribution >= 4 is 39.0 Å². The quantitative estimate of drug-likeness (QED) is 0.870. The highest BCUT2D eigenvalue weighted by Gasteiger charge is 2.11. The van der Waals surface area contributed by atoms with Crippen molar-refractivity contribution in [2.45, 2.75) is 6.92 Å². The summed E-state index contributed by atoms with van der Waals surface area (Å²) in [4.78, 5) is 4.33. The number of benzene rings is 1. The largest absolute Gasteiger partial charge is 0.495 e.